The average Bonchev–Trinajstić information content (AvgIpc) is 2.41. The van der Waals surface area contributed by atoms with Crippen molar-refractivity contribution in [2.45, 2.75) is 26.7 Å². The van der Waals surface area contributed by atoms with Gasteiger partial charge in [-0.05, 0) is 36.3 Å². The number of para-hydroxylation sites is 1. The molecule has 0 amide bonds. The first-order valence-electron chi connectivity index (χ1n) is 6.86. The van der Waals surface area contributed by atoms with Crippen molar-refractivity contribution < 1.29 is 9.13 Å². The molecule has 106 valence electrons. The highest BCUT2D eigenvalue weighted by Gasteiger charge is 2.30. The van der Waals surface area contributed by atoms with E-state index in [9.17, 15) is 4.39 Å². The van der Waals surface area contributed by atoms with Gasteiger partial charge in [-0.25, -0.2) is 4.39 Å². The highest BCUT2D eigenvalue weighted by Crippen LogP contribution is 2.35. The van der Waals surface area contributed by atoms with Crippen LogP contribution in [0.15, 0.2) is 18.2 Å². The van der Waals surface area contributed by atoms with Crippen LogP contribution >= 0.6 is 0 Å². The van der Waals surface area contributed by atoms with Crippen LogP contribution < -0.4 is 11.1 Å². The molecule has 1 aromatic carbocycles. The summed E-state index contributed by atoms with van der Waals surface area (Å²) in [5.74, 6) is 0.261. The Morgan fingerprint density at radius 3 is 2.74 bits per heavy atom. The molecule has 0 aliphatic carbocycles. The molecular weight excluding hydrogens is 243 g/mol. The monoisotopic (exact) mass is 266 g/mol. The summed E-state index contributed by atoms with van der Waals surface area (Å²) >= 11 is 0. The maximum Gasteiger partial charge on any atom is 0.148 e. The summed E-state index contributed by atoms with van der Waals surface area (Å²) in [7, 11) is 0. The van der Waals surface area contributed by atoms with Crippen LogP contribution in [0, 0.1) is 17.2 Å². The maximum atomic E-state index is 13.4. The Labute approximate surface area is 114 Å². The summed E-state index contributed by atoms with van der Waals surface area (Å²) < 4.78 is 18.8. The highest BCUT2D eigenvalue weighted by atomic mass is 19.1. The van der Waals surface area contributed by atoms with Crippen LogP contribution in [-0.2, 0) is 4.74 Å². The van der Waals surface area contributed by atoms with Gasteiger partial charge in [-0.15, -0.1) is 0 Å². The number of anilines is 2. The first-order chi connectivity index (χ1) is 9.00. The number of nitrogens with two attached hydrogens (primary N) is 1. The van der Waals surface area contributed by atoms with E-state index in [1.54, 1.807) is 6.07 Å². The van der Waals surface area contributed by atoms with Gasteiger partial charge >= 0.3 is 0 Å². The van der Waals surface area contributed by atoms with E-state index < -0.39 is 0 Å². The molecule has 0 atom stereocenters. The summed E-state index contributed by atoms with van der Waals surface area (Å²) in [6.07, 6.45) is 2.18. The minimum Gasteiger partial charge on any atom is -0.395 e. The smallest absolute Gasteiger partial charge is 0.148 e. The van der Waals surface area contributed by atoms with Crippen molar-refractivity contribution in [3.8, 4) is 0 Å². The maximum absolute atomic E-state index is 13.4. The highest BCUT2D eigenvalue weighted by molar-refractivity contribution is 5.66. The average molecular weight is 266 g/mol. The Kier molecular flexibility index (Phi) is 4.30. The quantitative estimate of drug-likeness (QED) is 0.822. The van der Waals surface area contributed by atoms with E-state index in [0.717, 1.165) is 32.6 Å². The van der Waals surface area contributed by atoms with E-state index in [2.05, 4.69) is 19.2 Å². The third-order valence-electron chi connectivity index (χ3n) is 4.11. The van der Waals surface area contributed by atoms with E-state index in [1.807, 2.05) is 6.07 Å². The van der Waals surface area contributed by atoms with E-state index in [0.29, 0.717) is 11.6 Å². The zero-order chi connectivity index (χ0) is 13.9. The largest absolute Gasteiger partial charge is 0.395 e. The first-order valence-corrected chi connectivity index (χ1v) is 6.86. The first kappa shape index (κ1) is 14.1. The summed E-state index contributed by atoms with van der Waals surface area (Å²) in [6.45, 7) is 6.95. The van der Waals surface area contributed by atoms with Crippen LogP contribution in [-0.4, -0.2) is 19.8 Å². The molecule has 1 saturated heterocycles. The molecule has 0 bridgehead atoms. The molecule has 0 spiro atoms. The number of nitrogens with one attached hydrogen (secondary N) is 1. The molecule has 0 unspecified atom stereocenters. The Morgan fingerprint density at radius 1 is 1.37 bits per heavy atom. The van der Waals surface area contributed by atoms with Gasteiger partial charge in [0.15, 0.2) is 0 Å². The number of ether oxygens (including phenoxy) is 1. The topological polar surface area (TPSA) is 47.3 Å². The molecule has 19 heavy (non-hydrogen) atoms. The van der Waals surface area contributed by atoms with Crippen LogP contribution in [0.3, 0.4) is 0 Å². The van der Waals surface area contributed by atoms with Crippen LogP contribution in [0.4, 0.5) is 15.8 Å². The van der Waals surface area contributed by atoms with Gasteiger partial charge < -0.3 is 15.8 Å². The number of hydrogen-bond acceptors (Lipinski definition) is 3. The molecule has 3 N–H and O–H groups in total. The molecule has 4 heteroatoms. The second-order valence-corrected chi connectivity index (χ2v) is 5.93. The third kappa shape index (κ3) is 3.38. The number of halogens is 1. The molecule has 1 aromatic rings. The predicted octanol–water partition coefficient (Wildman–Crippen LogP) is 3.27. The summed E-state index contributed by atoms with van der Waals surface area (Å²) in [6, 6.07) is 4.87. The Hall–Kier alpha value is -1.29. The SMILES string of the molecule is CC(C)(CNc1cccc(F)c1N)C1CCOCC1. The molecule has 1 fully saturated rings. The fourth-order valence-electron chi connectivity index (χ4n) is 2.64. The Balaban J connectivity index is 1.98. The molecule has 0 aromatic heterocycles. The lowest BCUT2D eigenvalue weighted by Crippen LogP contribution is -2.35. The van der Waals surface area contributed by atoms with Crippen LogP contribution in [0.2, 0.25) is 0 Å². The third-order valence-corrected chi connectivity index (χ3v) is 4.11. The van der Waals surface area contributed by atoms with Crippen molar-refractivity contribution in [1.82, 2.24) is 0 Å². The van der Waals surface area contributed by atoms with Crippen molar-refractivity contribution in [3.05, 3.63) is 24.0 Å². The predicted molar refractivity (Wildman–Crippen MR) is 76.6 cm³/mol. The second kappa shape index (κ2) is 5.78. The van der Waals surface area contributed by atoms with Gasteiger partial charge in [0.2, 0.25) is 0 Å². The molecule has 1 aliphatic rings. The number of benzene rings is 1. The van der Waals surface area contributed by atoms with Crippen LogP contribution in [0.1, 0.15) is 26.7 Å². The van der Waals surface area contributed by atoms with E-state index in [-0.39, 0.29) is 16.9 Å². The van der Waals surface area contributed by atoms with Crippen molar-refractivity contribution in [2.24, 2.45) is 11.3 Å². The molecule has 1 aliphatic heterocycles. The van der Waals surface area contributed by atoms with E-state index in [4.69, 9.17) is 10.5 Å². The Morgan fingerprint density at radius 2 is 2.05 bits per heavy atom. The number of hydrogen-bond donors (Lipinski definition) is 2. The minimum absolute atomic E-state index is 0.141. The van der Waals surface area contributed by atoms with Gasteiger partial charge in [-0.3, -0.25) is 0 Å². The summed E-state index contributed by atoms with van der Waals surface area (Å²) in [5, 5.41) is 3.29. The van der Waals surface area contributed by atoms with Crippen molar-refractivity contribution in [3.63, 3.8) is 0 Å². The molecule has 0 radical (unpaired) electrons. The zero-order valence-corrected chi connectivity index (χ0v) is 11.7. The molecular formula is C15H23FN2O. The standard InChI is InChI=1S/C15H23FN2O/c1-15(2,11-6-8-19-9-7-11)10-18-13-5-3-4-12(16)14(13)17/h3-5,11,18H,6-10,17H2,1-2H3. The van der Waals surface area contributed by atoms with Crippen molar-refractivity contribution >= 4 is 11.4 Å². The van der Waals surface area contributed by atoms with E-state index >= 15 is 0 Å². The molecule has 0 saturated carbocycles. The number of nitrogen functional groups attached to an aromatic ring is 1. The second-order valence-electron chi connectivity index (χ2n) is 5.93. The van der Waals surface area contributed by atoms with Gasteiger partial charge in [0.1, 0.15) is 5.82 Å². The normalized spacial score (nSPS) is 17.4. The Bertz CT molecular complexity index is 428. The van der Waals surface area contributed by atoms with Gasteiger partial charge in [-0.2, -0.15) is 0 Å². The van der Waals surface area contributed by atoms with Crippen molar-refractivity contribution in [1.29, 1.82) is 0 Å². The van der Waals surface area contributed by atoms with Gasteiger partial charge in [0, 0.05) is 19.8 Å². The minimum atomic E-state index is -0.367. The fraction of sp³-hybridized carbons (Fsp3) is 0.600. The molecule has 1 heterocycles. The zero-order valence-electron chi connectivity index (χ0n) is 11.7. The summed E-state index contributed by atoms with van der Waals surface area (Å²) in [5.41, 5.74) is 6.75. The summed E-state index contributed by atoms with van der Waals surface area (Å²) in [4.78, 5) is 0. The fourth-order valence-corrected chi connectivity index (χ4v) is 2.64. The van der Waals surface area contributed by atoms with Gasteiger partial charge in [0.05, 0.1) is 11.4 Å². The lowest BCUT2D eigenvalue weighted by molar-refractivity contribution is 0.0269. The number of rotatable bonds is 4. The van der Waals surface area contributed by atoms with Gasteiger partial charge in [-0.1, -0.05) is 19.9 Å². The van der Waals surface area contributed by atoms with Crippen molar-refractivity contribution in [2.75, 3.05) is 30.8 Å². The van der Waals surface area contributed by atoms with Crippen LogP contribution in [0.5, 0.6) is 0 Å². The van der Waals surface area contributed by atoms with Crippen LogP contribution in [0.25, 0.3) is 0 Å². The lowest BCUT2D eigenvalue weighted by atomic mass is 9.74. The lowest BCUT2D eigenvalue weighted by Gasteiger charge is -2.37. The van der Waals surface area contributed by atoms with Gasteiger partial charge in [0.25, 0.3) is 0 Å². The molecule has 2 rings (SSSR count). The van der Waals surface area contributed by atoms with E-state index in [1.165, 1.54) is 6.07 Å². The molecule has 3 nitrogen and oxygen atoms in total.